The predicted molar refractivity (Wildman–Crippen MR) is 45.8 cm³/mol. The summed E-state index contributed by atoms with van der Waals surface area (Å²) in [5.74, 6) is -2.15. The van der Waals surface area contributed by atoms with Gasteiger partial charge in [0.25, 0.3) is 0 Å². The minimum atomic E-state index is -4.67. The molecule has 10 heteroatoms. The SMILES string of the molecule is O=C(O)CCC(=O)O.O=S(=O)(O)O.[NaH]. The van der Waals surface area contributed by atoms with Gasteiger partial charge in [-0.15, -0.1) is 0 Å². The number of carboxylic acid groups (broad SMARTS) is 2. The summed E-state index contributed by atoms with van der Waals surface area (Å²) in [5, 5.41) is 15.8. The predicted octanol–water partition coefficient (Wildman–Crippen LogP) is -1.37. The van der Waals surface area contributed by atoms with Crippen molar-refractivity contribution in [3.63, 3.8) is 0 Å². The summed E-state index contributed by atoms with van der Waals surface area (Å²) in [6, 6.07) is 0. The van der Waals surface area contributed by atoms with E-state index in [0.29, 0.717) is 0 Å². The first kappa shape index (κ1) is 19.4. The maximum absolute atomic E-state index is 9.64. The summed E-state index contributed by atoms with van der Waals surface area (Å²) in [7, 11) is -4.67. The summed E-state index contributed by atoms with van der Waals surface area (Å²) < 4.78 is 31.6. The first-order chi connectivity index (χ1) is 5.63. The van der Waals surface area contributed by atoms with Gasteiger partial charge in [-0.05, 0) is 0 Å². The molecule has 14 heavy (non-hydrogen) atoms. The van der Waals surface area contributed by atoms with E-state index in [1.54, 1.807) is 0 Å². The number of carboxylic acids is 2. The molecule has 0 aliphatic heterocycles. The fourth-order valence-electron chi connectivity index (χ4n) is 0.214. The van der Waals surface area contributed by atoms with Crippen LogP contribution in [-0.4, -0.2) is 69.2 Å². The monoisotopic (exact) mass is 240 g/mol. The Bertz CT molecular complexity index is 247. The molecule has 0 aromatic rings. The Hall–Kier alpha value is -0.190. The molecular weight excluding hydrogens is 231 g/mol. The molecule has 0 unspecified atom stereocenters. The van der Waals surface area contributed by atoms with E-state index in [2.05, 4.69) is 0 Å². The van der Waals surface area contributed by atoms with Crippen LogP contribution in [0, 0.1) is 0 Å². The van der Waals surface area contributed by atoms with Gasteiger partial charge in [0.05, 0.1) is 12.8 Å². The molecule has 0 aromatic carbocycles. The van der Waals surface area contributed by atoms with Gasteiger partial charge in [-0.1, -0.05) is 0 Å². The normalized spacial score (nSPS) is 9.00. The maximum atomic E-state index is 9.64. The molecule has 0 spiro atoms. The summed E-state index contributed by atoms with van der Waals surface area (Å²) in [6.45, 7) is 0. The zero-order chi connectivity index (χ0) is 11.1. The Morgan fingerprint density at radius 3 is 1.14 bits per heavy atom. The van der Waals surface area contributed by atoms with Gasteiger partial charge in [0.1, 0.15) is 0 Å². The minimum absolute atomic E-state index is 0. The number of aliphatic carboxylic acids is 2. The van der Waals surface area contributed by atoms with E-state index >= 15 is 0 Å². The van der Waals surface area contributed by atoms with Gasteiger partial charge in [0, 0.05) is 0 Å². The van der Waals surface area contributed by atoms with Crippen LogP contribution < -0.4 is 0 Å². The fourth-order valence-corrected chi connectivity index (χ4v) is 0.214. The molecule has 0 saturated heterocycles. The molecule has 0 aromatic heterocycles. The summed E-state index contributed by atoms with van der Waals surface area (Å²) in [4.78, 5) is 19.3. The molecule has 0 aliphatic rings. The Balaban J connectivity index is -0.000000177. The van der Waals surface area contributed by atoms with Gasteiger partial charge in [-0.2, -0.15) is 8.42 Å². The average Bonchev–Trinajstić information content (AvgIpc) is 1.79. The van der Waals surface area contributed by atoms with Crippen LogP contribution in [0.3, 0.4) is 0 Å². The zero-order valence-electron chi connectivity index (χ0n) is 6.24. The van der Waals surface area contributed by atoms with Crippen LogP contribution in [0.1, 0.15) is 12.8 Å². The Morgan fingerprint density at radius 1 is 0.929 bits per heavy atom. The molecular formula is C4H9NaO8S. The molecule has 0 bridgehead atoms. The molecule has 4 N–H and O–H groups in total. The number of rotatable bonds is 3. The van der Waals surface area contributed by atoms with Crippen molar-refractivity contribution in [2.45, 2.75) is 12.8 Å². The van der Waals surface area contributed by atoms with E-state index in [9.17, 15) is 9.59 Å². The van der Waals surface area contributed by atoms with Crippen molar-refractivity contribution in [2.75, 3.05) is 0 Å². The third-order valence-corrected chi connectivity index (χ3v) is 0.553. The molecule has 0 amide bonds. The Kier molecular flexibility index (Phi) is 13.0. The second kappa shape index (κ2) is 9.37. The van der Waals surface area contributed by atoms with Crippen LogP contribution in [0.25, 0.3) is 0 Å². The van der Waals surface area contributed by atoms with E-state index in [1.807, 2.05) is 0 Å². The molecule has 0 saturated carbocycles. The first-order valence-corrected chi connectivity index (χ1v) is 4.16. The molecule has 8 nitrogen and oxygen atoms in total. The first-order valence-electron chi connectivity index (χ1n) is 2.76. The molecule has 0 radical (unpaired) electrons. The van der Waals surface area contributed by atoms with E-state index < -0.39 is 22.3 Å². The van der Waals surface area contributed by atoms with Gasteiger partial charge in [0.2, 0.25) is 0 Å². The molecule has 80 valence electrons. The van der Waals surface area contributed by atoms with E-state index in [4.69, 9.17) is 27.7 Å². The van der Waals surface area contributed by atoms with Crippen LogP contribution in [0.4, 0.5) is 0 Å². The van der Waals surface area contributed by atoms with Gasteiger partial charge >= 0.3 is 51.9 Å². The van der Waals surface area contributed by atoms with Crippen LogP contribution in [0.2, 0.25) is 0 Å². The van der Waals surface area contributed by atoms with Crippen LogP contribution in [0.15, 0.2) is 0 Å². The van der Waals surface area contributed by atoms with E-state index in [1.165, 1.54) is 0 Å². The van der Waals surface area contributed by atoms with E-state index in [0.717, 1.165) is 0 Å². The molecule has 0 atom stereocenters. The van der Waals surface area contributed by atoms with Crippen molar-refractivity contribution in [1.82, 2.24) is 0 Å². The second-order valence-corrected chi connectivity index (χ2v) is 2.63. The summed E-state index contributed by atoms with van der Waals surface area (Å²) in [5.41, 5.74) is 0. The molecule has 0 rings (SSSR count). The quantitative estimate of drug-likeness (QED) is 0.348. The van der Waals surface area contributed by atoms with Crippen molar-refractivity contribution in [3.8, 4) is 0 Å². The van der Waals surface area contributed by atoms with Crippen molar-refractivity contribution in [1.29, 1.82) is 0 Å². The molecule has 0 heterocycles. The van der Waals surface area contributed by atoms with Gasteiger partial charge in [-0.3, -0.25) is 18.7 Å². The third-order valence-electron chi connectivity index (χ3n) is 0.553. The second-order valence-electron chi connectivity index (χ2n) is 1.74. The number of hydrogen-bond donors (Lipinski definition) is 4. The Morgan fingerprint density at radius 2 is 1.07 bits per heavy atom. The third kappa shape index (κ3) is 59.7. The number of hydrogen-bond acceptors (Lipinski definition) is 4. The summed E-state index contributed by atoms with van der Waals surface area (Å²) in [6.07, 6.45) is -0.593. The Labute approximate surface area is 102 Å². The van der Waals surface area contributed by atoms with Crippen molar-refractivity contribution in [3.05, 3.63) is 0 Å². The van der Waals surface area contributed by atoms with Gasteiger partial charge in [-0.25, -0.2) is 0 Å². The molecule has 0 aliphatic carbocycles. The van der Waals surface area contributed by atoms with E-state index in [-0.39, 0.29) is 42.4 Å². The zero-order valence-corrected chi connectivity index (χ0v) is 7.06. The van der Waals surface area contributed by atoms with Crippen molar-refractivity contribution in [2.24, 2.45) is 0 Å². The van der Waals surface area contributed by atoms with Crippen LogP contribution >= 0.6 is 0 Å². The fraction of sp³-hybridized carbons (Fsp3) is 0.500. The van der Waals surface area contributed by atoms with Crippen LogP contribution in [-0.2, 0) is 20.0 Å². The van der Waals surface area contributed by atoms with Crippen molar-refractivity contribution < 1.29 is 37.3 Å². The topological polar surface area (TPSA) is 149 Å². The van der Waals surface area contributed by atoms with Crippen LogP contribution in [0.5, 0.6) is 0 Å². The average molecular weight is 240 g/mol. The number of carbonyl (C=O) groups is 2. The summed E-state index contributed by atoms with van der Waals surface area (Å²) >= 11 is 0. The molecule has 0 fully saturated rings. The standard InChI is InChI=1S/C4H6O4.Na.H2O4S.H/c5-3(6)1-2-4(7)8;;1-5(2,3)4;/h1-2H2,(H,5,6)(H,7,8);;(H2,1,2,3,4);. The van der Waals surface area contributed by atoms with Gasteiger partial charge < -0.3 is 10.2 Å². The van der Waals surface area contributed by atoms with Crippen molar-refractivity contribution >= 4 is 51.9 Å². The van der Waals surface area contributed by atoms with Gasteiger partial charge in [0.15, 0.2) is 0 Å².